The predicted molar refractivity (Wildman–Crippen MR) is 234 cm³/mol. The lowest BCUT2D eigenvalue weighted by Crippen LogP contribution is -2.15. The van der Waals surface area contributed by atoms with Crippen LogP contribution in [0.25, 0.3) is 110 Å². The highest BCUT2D eigenvalue weighted by Crippen LogP contribution is 2.53. The molecule has 12 aromatic rings. The number of fused-ring (bicyclic) bond motifs is 11. The molecule has 264 valence electrons. The molecule has 0 bridgehead atoms. The molecular formula is C52H29N3O2. The van der Waals surface area contributed by atoms with Gasteiger partial charge in [-0.2, -0.15) is 0 Å². The van der Waals surface area contributed by atoms with E-state index in [0.29, 0.717) is 11.4 Å². The molecule has 0 saturated carbocycles. The van der Waals surface area contributed by atoms with E-state index in [1.165, 1.54) is 44.0 Å². The van der Waals surface area contributed by atoms with Crippen LogP contribution >= 0.6 is 0 Å². The Labute approximate surface area is 325 Å². The van der Waals surface area contributed by atoms with Crippen LogP contribution in [0.5, 0.6) is 0 Å². The summed E-state index contributed by atoms with van der Waals surface area (Å²) in [6, 6.07) is 62.3. The number of furan rings is 2. The van der Waals surface area contributed by atoms with Gasteiger partial charge in [0.25, 0.3) is 0 Å². The van der Waals surface area contributed by atoms with Gasteiger partial charge in [-0.15, -0.1) is 0 Å². The maximum absolute atomic E-state index is 6.52. The summed E-state index contributed by atoms with van der Waals surface area (Å²) in [5, 5.41) is 10.2. The predicted octanol–water partition coefficient (Wildman–Crippen LogP) is 14.5. The van der Waals surface area contributed by atoms with Crippen LogP contribution in [-0.2, 0) is 0 Å². The third kappa shape index (κ3) is 4.39. The van der Waals surface area contributed by atoms with Crippen LogP contribution < -0.4 is 4.90 Å². The maximum Gasteiger partial charge on any atom is 0.180 e. The SMILES string of the molecule is c1ccc2c3c(ccc2c1)-c1cccc2cccc(c12)N3c1ccc2ccc(-c3nc(-c4ccc5oc6ccccc6c5c4)c4oc5ccccc5c4n3)cc2c1. The van der Waals surface area contributed by atoms with Crippen LogP contribution in [0.1, 0.15) is 0 Å². The molecule has 0 fully saturated rings. The molecule has 0 amide bonds. The van der Waals surface area contributed by atoms with Crippen molar-refractivity contribution in [1.29, 1.82) is 0 Å². The van der Waals surface area contributed by atoms with Gasteiger partial charge in [-0.1, -0.05) is 115 Å². The Morgan fingerprint density at radius 1 is 0.421 bits per heavy atom. The summed E-state index contributed by atoms with van der Waals surface area (Å²) in [5.74, 6) is 0.640. The van der Waals surface area contributed by atoms with Gasteiger partial charge in [0.15, 0.2) is 11.4 Å². The van der Waals surface area contributed by atoms with E-state index < -0.39 is 0 Å². The van der Waals surface area contributed by atoms with E-state index in [-0.39, 0.29) is 0 Å². The molecule has 0 radical (unpaired) electrons. The highest BCUT2D eigenvalue weighted by Gasteiger charge is 2.28. The molecule has 1 aliphatic heterocycles. The lowest BCUT2D eigenvalue weighted by molar-refractivity contribution is 0.666. The van der Waals surface area contributed by atoms with Crippen LogP contribution in [0.4, 0.5) is 17.1 Å². The molecule has 4 heterocycles. The Balaban J connectivity index is 1.02. The highest BCUT2D eigenvalue weighted by atomic mass is 16.3. The number of nitrogens with zero attached hydrogens (tertiary/aromatic N) is 3. The normalized spacial score (nSPS) is 12.5. The molecule has 1 aliphatic rings. The monoisotopic (exact) mass is 727 g/mol. The summed E-state index contributed by atoms with van der Waals surface area (Å²) >= 11 is 0. The van der Waals surface area contributed by atoms with Crippen molar-refractivity contribution >= 4 is 93.4 Å². The second-order valence-corrected chi connectivity index (χ2v) is 14.9. The average molecular weight is 728 g/mol. The molecule has 5 nitrogen and oxygen atoms in total. The van der Waals surface area contributed by atoms with E-state index in [2.05, 4.69) is 138 Å². The Morgan fingerprint density at radius 3 is 2.05 bits per heavy atom. The van der Waals surface area contributed by atoms with E-state index >= 15 is 0 Å². The van der Waals surface area contributed by atoms with Crippen LogP contribution in [0.15, 0.2) is 185 Å². The lowest BCUT2D eigenvalue weighted by Gasteiger charge is -2.34. The van der Waals surface area contributed by atoms with Crippen molar-refractivity contribution in [3.05, 3.63) is 176 Å². The lowest BCUT2D eigenvalue weighted by atomic mass is 9.88. The van der Waals surface area contributed by atoms with Crippen molar-refractivity contribution in [2.75, 3.05) is 4.90 Å². The number of anilines is 3. The first kappa shape index (κ1) is 30.6. The molecule has 9 aromatic carbocycles. The van der Waals surface area contributed by atoms with Crippen LogP contribution in [0.3, 0.4) is 0 Å². The summed E-state index contributed by atoms with van der Waals surface area (Å²) < 4.78 is 12.7. The van der Waals surface area contributed by atoms with E-state index in [1.807, 2.05) is 42.5 Å². The van der Waals surface area contributed by atoms with Crippen LogP contribution in [0, 0.1) is 0 Å². The van der Waals surface area contributed by atoms with Gasteiger partial charge >= 0.3 is 0 Å². The number of hydrogen-bond donors (Lipinski definition) is 0. The largest absolute Gasteiger partial charge is 0.456 e. The smallest absolute Gasteiger partial charge is 0.180 e. The minimum Gasteiger partial charge on any atom is -0.456 e. The number of aromatic nitrogens is 2. The second-order valence-electron chi connectivity index (χ2n) is 14.9. The maximum atomic E-state index is 6.52. The van der Waals surface area contributed by atoms with Crippen molar-refractivity contribution in [2.45, 2.75) is 0 Å². The van der Waals surface area contributed by atoms with E-state index in [0.717, 1.165) is 71.7 Å². The molecule has 0 aliphatic carbocycles. The summed E-state index contributed by atoms with van der Waals surface area (Å²) in [6.45, 7) is 0. The van der Waals surface area contributed by atoms with Gasteiger partial charge in [0.2, 0.25) is 0 Å². The van der Waals surface area contributed by atoms with E-state index in [4.69, 9.17) is 18.8 Å². The summed E-state index contributed by atoms with van der Waals surface area (Å²) in [5.41, 5.74) is 12.5. The molecule has 13 rings (SSSR count). The quantitative estimate of drug-likeness (QED) is 0.181. The third-order valence-electron chi connectivity index (χ3n) is 11.7. The Hall–Kier alpha value is -7.76. The Bertz CT molecular complexity index is 3670. The topological polar surface area (TPSA) is 55.3 Å². The first-order valence-corrected chi connectivity index (χ1v) is 19.2. The van der Waals surface area contributed by atoms with Crippen molar-refractivity contribution in [3.63, 3.8) is 0 Å². The second kappa shape index (κ2) is 11.4. The third-order valence-corrected chi connectivity index (χ3v) is 11.7. The van der Waals surface area contributed by atoms with Gasteiger partial charge in [0.05, 0.1) is 11.4 Å². The van der Waals surface area contributed by atoms with Crippen molar-refractivity contribution in [1.82, 2.24) is 9.97 Å². The molecule has 0 saturated heterocycles. The number of para-hydroxylation sites is 2. The molecule has 57 heavy (non-hydrogen) atoms. The van der Waals surface area contributed by atoms with Gasteiger partial charge in [0, 0.05) is 49.3 Å². The van der Waals surface area contributed by atoms with Gasteiger partial charge in [-0.05, 0) is 87.8 Å². The first-order valence-electron chi connectivity index (χ1n) is 19.2. The van der Waals surface area contributed by atoms with Gasteiger partial charge in [-0.25, -0.2) is 9.97 Å². The fourth-order valence-corrected chi connectivity index (χ4v) is 9.14. The van der Waals surface area contributed by atoms with Crippen molar-refractivity contribution in [3.8, 4) is 33.8 Å². The summed E-state index contributed by atoms with van der Waals surface area (Å²) in [6.07, 6.45) is 0. The molecule has 0 spiro atoms. The molecular weight excluding hydrogens is 699 g/mol. The van der Waals surface area contributed by atoms with Crippen molar-refractivity contribution in [2.24, 2.45) is 0 Å². The number of rotatable bonds is 3. The molecule has 0 unspecified atom stereocenters. The van der Waals surface area contributed by atoms with Crippen LogP contribution in [-0.4, -0.2) is 9.97 Å². The Morgan fingerprint density at radius 2 is 1.14 bits per heavy atom. The van der Waals surface area contributed by atoms with Gasteiger partial charge in [0.1, 0.15) is 28.0 Å². The van der Waals surface area contributed by atoms with Crippen LogP contribution in [0.2, 0.25) is 0 Å². The number of benzene rings is 9. The average Bonchev–Trinajstić information content (AvgIpc) is 3.84. The standard InChI is InChI=1S/C52H29N3O2/c1-2-12-37-31(9-1)22-25-40-39-15-7-10-32-11-8-16-43(47(32)39)55(50(37)40)36-24-21-30-19-20-34(27-35(30)28-36)52-53-48(51-49(54-52)41-14-4-6-18-45(41)57-51)33-23-26-46-42(29-33)38-13-3-5-17-44(38)56-46/h1-29H. The zero-order valence-corrected chi connectivity index (χ0v) is 30.4. The number of hydrogen-bond acceptors (Lipinski definition) is 5. The fourth-order valence-electron chi connectivity index (χ4n) is 9.14. The minimum absolute atomic E-state index is 0.640. The van der Waals surface area contributed by atoms with Crippen molar-refractivity contribution < 1.29 is 8.83 Å². The minimum atomic E-state index is 0.640. The molecule has 0 N–H and O–H groups in total. The molecule has 0 atom stereocenters. The van der Waals surface area contributed by atoms with Gasteiger partial charge < -0.3 is 13.7 Å². The summed E-state index contributed by atoms with van der Waals surface area (Å²) in [4.78, 5) is 13.0. The zero-order valence-electron chi connectivity index (χ0n) is 30.4. The zero-order chi connectivity index (χ0) is 37.2. The Kier molecular flexibility index (Phi) is 6.10. The van der Waals surface area contributed by atoms with Gasteiger partial charge in [-0.3, -0.25) is 0 Å². The first-order chi connectivity index (χ1) is 28.2. The fraction of sp³-hybridized carbons (Fsp3) is 0. The molecule has 3 aromatic heterocycles. The highest BCUT2D eigenvalue weighted by molar-refractivity contribution is 6.19. The van der Waals surface area contributed by atoms with E-state index in [9.17, 15) is 0 Å². The summed E-state index contributed by atoms with van der Waals surface area (Å²) in [7, 11) is 0. The van der Waals surface area contributed by atoms with E-state index in [1.54, 1.807) is 0 Å². The molecule has 5 heteroatoms.